The third-order valence-electron chi connectivity index (χ3n) is 4.06. The van der Waals surface area contributed by atoms with Gasteiger partial charge in [-0.25, -0.2) is 0 Å². The van der Waals surface area contributed by atoms with Gasteiger partial charge >= 0.3 is 0 Å². The molecule has 5 nitrogen and oxygen atoms in total. The fourth-order valence-corrected chi connectivity index (χ4v) is 3.47. The van der Waals surface area contributed by atoms with E-state index in [9.17, 15) is 4.79 Å². The minimum atomic E-state index is -0.511. The molecular formula is C13H22N4OS. The predicted molar refractivity (Wildman–Crippen MR) is 79.3 cm³/mol. The van der Waals surface area contributed by atoms with E-state index < -0.39 is 5.91 Å². The first kappa shape index (κ1) is 14.1. The smallest absolute Gasteiger partial charge is 0.255 e. The Kier molecular flexibility index (Phi) is 4.63. The van der Waals surface area contributed by atoms with Gasteiger partial charge in [0.1, 0.15) is 10.6 Å². The minimum Gasteiger partial charge on any atom is -0.382 e. The van der Waals surface area contributed by atoms with E-state index in [-0.39, 0.29) is 5.82 Å². The van der Waals surface area contributed by atoms with Crippen molar-refractivity contribution in [1.29, 1.82) is 0 Å². The Bertz CT molecular complexity index is 438. The van der Waals surface area contributed by atoms with Crippen LogP contribution in [0, 0.1) is 11.8 Å². The topological polar surface area (TPSA) is 94.0 Å². The summed E-state index contributed by atoms with van der Waals surface area (Å²) in [4.78, 5) is 11.3. The van der Waals surface area contributed by atoms with E-state index in [0.29, 0.717) is 16.5 Å². The number of primary amides is 1. The van der Waals surface area contributed by atoms with Gasteiger partial charge in [-0.2, -0.15) is 4.37 Å². The van der Waals surface area contributed by atoms with Gasteiger partial charge in [-0.1, -0.05) is 26.2 Å². The van der Waals surface area contributed by atoms with Crippen molar-refractivity contribution in [3.63, 3.8) is 0 Å². The van der Waals surface area contributed by atoms with Gasteiger partial charge < -0.3 is 16.8 Å². The highest BCUT2D eigenvalue weighted by Crippen LogP contribution is 2.32. The van der Waals surface area contributed by atoms with E-state index in [0.717, 1.165) is 12.5 Å². The number of nitrogens with zero attached hydrogens (tertiary/aromatic N) is 1. The summed E-state index contributed by atoms with van der Waals surface area (Å²) in [5, 5.41) is 4.00. The maximum atomic E-state index is 11.3. The fraction of sp³-hybridized carbons (Fsp3) is 0.692. The van der Waals surface area contributed by atoms with E-state index in [4.69, 9.17) is 11.5 Å². The van der Waals surface area contributed by atoms with E-state index in [2.05, 4.69) is 16.6 Å². The molecule has 1 aromatic rings. The molecule has 0 saturated heterocycles. The Labute approximate surface area is 117 Å². The number of amides is 1. The number of nitrogens with two attached hydrogens (primary N) is 2. The molecule has 1 fully saturated rings. The highest BCUT2D eigenvalue weighted by molar-refractivity contribution is 7.11. The zero-order valence-corrected chi connectivity index (χ0v) is 12.1. The molecule has 1 saturated carbocycles. The third kappa shape index (κ3) is 3.37. The molecule has 0 unspecified atom stereocenters. The lowest BCUT2D eigenvalue weighted by Crippen LogP contribution is -2.22. The molecule has 1 aliphatic rings. The van der Waals surface area contributed by atoms with Crippen molar-refractivity contribution < 1.29 is 4.79 Å². The van der Waals surface area contributed by atoms with E-state index in [1.165, 1.54) is 43.6 Å². The molecule has 0 bridgehead atoms. The number of hydrogen-bond acceptors (Lipinski definition) is 5. The Morgan fingerprint density at radius 2 is 2.00 bits per heavy atom. The van der Waals surface area contributed by atoms with Crippen molar-refractivity contribution in [2.75, 3.05) is 17.6 Å². The molecule has 5 N–H and O–H groups in total. The van der Waals surface area contributed by atoms with Crippen LogP contribution in [0.4, 0.5) is 10.8 Å². The molecule has 1 aliphatic carbocycles. The lowest BCUT2D eigenvalue weighted by molar-refractivity contribution is 0.100. The normalized spacial score (nSPS) is 23.2. The lowest BCUT2D eigenvalue weighted by Gasteiger charge is -2.27. The van der Waals surface area contributed by atoms with Crippen molar-refractivity contribution >= 4 is 28.3 Å². The summed E-state index contributed by atoms with van der Waals surface area (Å²) >= 11 is 1.21. The zero-order chi connectivity index (χ0) is 13.8. The molecule has 0 radical (unpaired) electrons. The van der Waals surface area contributed by atoms with E-state index in [1.807, 2.05) is 0 Å². The quantitative estimate of drug-likeness (QED) is 0.773. The second-order valence-corrected chi connectivity index (χ2v) is 6.09. The average Bonchev–Trinajstić information content (AvgIpc) is 2.78. The van der Waals surface area contributed by atoms with Crippen molar-refractivity contribution in [2.45, 2.75) is 39.0 Å². The summed E-state index contributed by atoms with van der Waals surface area (Å²) in [5.74, 6) is 1.29. The Hall–Kier alpha value is -1.30. The van der Waals surface area contributed by atoms with Crippen LogP contribution in [0.1, 0.15) is 49.4 Å². The summed E-state index contributed by atoms with van der Waals surface area (Å²) in [5.41, 5.74) is 11.3. The summed E-state index contributed by atoms with van der Waals surface area (Å²) in [6.45, 7) is 3.14. The Morgan fingerprint density at radius 3 is 2.58 bits per heavy atom. The highest BCUT2D eigenvalue weighted by Gasteiger charge is 2.21. The average molecular weight is 282 g/mol. The van der Waals surface area contributed by atoms with Gasteiger partial charge in [-0.3, -0.25) is 4.79 Å². The number of carbonyl (C=O) groups excluding carboxylic acids is 1. The number of anilines is 2. The first-order valence-corrected chi connectivity index (χ1v) is 7.68. The standard InChI is InChI=1S/C13H22N4OS/c1-2-8-3-5-9(6-4-8)7-16-13-10(12(15)18)11(14)17-19-13/h8-9,16H,2-7H2,1H3,(H2,14,17)(H2,15,18). The Morgan fingerprint density at radius 1 is 1.37 bits per heavy atom. The molecule has 106 valence electrons. The number of rotatable bonds is 5. The second kappa shape index (κ2) is 6.23. The highest BCUT2D eigenvalue weighted by atomic mass is 32.1. The van der Waals surface area contributed by atoms with E-state index >= 15 is 0 Å². The first-order valence-electron chi connectivity index (χ1n) is 6.90. The maximum absolute atomic E-state index is 11.3. The molecule has 1 heterocycles. The van der Waals surface area contributed by atoms with Gasteiger partial charge in [0.2, 0.25) is 0 Å². The monoisotopic (exact) mass is 282 g/mol. The van der Waals surface area contributed by atoms with Crippen molar-refractivity contribution in [3.8, 4) is 0 Å². The number of hydrogen-bond donors (Lipinski definition) is 3. The largest absolute Gasteiger partial charge is 0.382 e. The lowest BCUT2D eigenvalue weighted by atomic mass is 9.81. The molecule has 0 atom stereocenters. The van der Waals surface area contributed by atoms with Crippen LogP contribution in [-0.2, 0) is 0 Å². The number of aromatic nitrogens is 1. The summed E-state index contributed by atoms with van der Waals surface area (Å²) in [6.07, 6.45) is 6.43. The van der Waals surface area contributed by atoms with Gasteiger partial charge in [0.25, 0.3) is 5.91 Å². The predicted octanol–water partition coefficient (Wildman–Crippen LogP) is 2.45. The minimum absolute atomic E-state index is 0.231. The van der Waals surface area contributed by atoms with Gasteiger partial charge in [0, 0.05) is 6.54 Å². The van der Waals surface area contributed by atoms with Crippen LogP contribution >= 0.6 is 11.5 Å². The molecule has 6 heteroatoms. The van der Waals surface area contributed by atoms with Crippen molar-refractivity contribution in [2.24, 2.45) is 17.6 Å². The molecule has 0 spiro atoms. The maximum Gasteiger partial charge on any atom is 0.255 e. The van der Waals surface area contributed by atoms with Crippen LogP contribution in [0.25, 0.3) is 0 Å². The van der Waals surface area contributed by atoms with Gasteiger partial charge in [0.15, 0.2) is 5.82 Å². The third-order valence-corrected chi connectivity index (χ3v) is 4.88. The van der Waals surface area contributed by atoms with Gasteiger partial charge in [-0.05, 0) is 36.2 Å². The van der Waals surface area contributed by atoms with Crippen LogP contribution in [-0.4, -0.2) is 16.8 Å². The molecule has 2 rings (SSSR count). The molecular weight excluding hydrogens is 260 g/mol. The summed E-state index contributed by atoms with van der Waals surface area (Å²) in [6, 6.07) is 0. The number of nitrogens with one attached hydrogen (secondary N) is 1. The summed E-state index contributed by atoms with van der Waals surface area (Å²) < 4.78 is 3.98. The van der Waals surface area contributed by atoms with Gasteiger partial charge in [-0.15, -0.1) is 0 Å². The SMILES string of the molecule is CCC1CCC(CNc2snc(N)c2C(N)=O)CC1. The van der Waals surface area contributed by atoms with Crippen LogP contribution in [0.2, 0.25) is 0 Å². The second-order valence-electron chi connectivity index (χ2n) is 5.31. The molecule has 0 aromatic carbocycles. The number of nitrogen functional groups attached to an aromatic ring is 1. The van der Waals surface area contributed by atoms with Crippen LogP contribution in [0.5, 0.6) is 0 Å². The Balaban J connectivity index is 1.88. The molecule has 19 heavy (non-hydrogen) atoms. The van der Waals surface area contributed by atoms with E-state index in [1.54, 1.807) is 0 Å². The van der Waals surface area contributed by atoms with Crippen molar-refractivity contribution in [3.05, 3.63) is 5.56 Å². The van der Waals surface area contributed by atoms with Crippen LogP contribution in [0.15, 0.2) is 0 Å². The first-order chi connectivity index (χ1) is 9.11. The van der Waals surface area contributed by atoms with Crippen LogP contribution in [0.3, 0.4) is 0 Å². The molecule has 1 aromatic heterocycles. The molecule has 1 amide bonds. The van der Waals surface area contributed by atoms with Crippen LogP contribution < -0.4 is 16.8 Å². The number of carbonyl (C=O) groups is 1. The van der Waals surface area contributed by atoms with Gasteiger partial charge in [0.05, 0.1) is 0 Å². The zero-order valence-electron chi connectivity index (χ0n) is 11.3. The fourth-order valence-electron chi connectivity index (χ4n) is 2.74. The summed E-state index contributed by atoms with van der Waals surface area (Å²) in [7, 11) is 0. The van der Waals surface area contributed by atoms with Crippen molar-refractivity contribution in [1.82, 2.24) is 4.37 Å². The molecule has 0 aliphatic heterocycles.